The van der Waals surface area contributed by atoms with E-state index in [1.165, 1.54) is 5.56 Å². The molecule has 2 N–H and O–H groups in total. The first-order valence-electron chi connectivity index (χ1n) is 6.46. The number of nitrogens with two attached hydrogens (primary N) is 1. The maximum atomic E-state index is 6.32. The predicted molar refractivity (Wildman–Crippen MR) is 89.8 cm³/mol. The van der Waals surface area contributed by atoms with Crippen LogP contribution in [0.25, 0.3) is 0 Å². The Hall–Kier alpha value is -0.670. The molecule has 0 amide bonds. The summed E-state index contributed by atoms with van der Waals surface area (Å²) in [6.07, 6.45) is 0.842. The summed E-state index contributed by atoms with van der Waals surface area (Å²) in [7, 11) is 0. The normalized spacial score (nSPS) is 12.4. The molecule has 0 bridgehead atoms. The van der Waals surface area contributed by atoms with Crippen LogP contribution in [-0.4, -0.2) is 6.04 Å². The van der Waals surface area contributed by atoms with Crippen LogP contribution in [-0.2, 0) is 12.2 Å². The molecule has 2 aromatic carbocycles. The van der Waals surface area contributed by atoms with Crippen LogP contribution in [0.3, 0.4) is 0 Å². The summed E-state index contributed by atoms with van der Waals surface area (Å²) in [6, 6.07) is 14.2. The molecule has 1 nitrogen and oxygen atoms in total. The van der Waals surface area contributed by atoms with Gasteiger partial charge in [0.2, 0.25) is 0 Å². The monoisotopic (exact) mass is 325 g/mol. The van der Waals surface area contributed by atoms with E-state index in [-0.39, 0.29) is 6.04 Å². The second-order valence-corrected chi connectivity index (χ2v) is 6.66. The molecule has 0 aromatic heterocycles. The summed E-state index contributed by atoms with van der Waals surface area (Å²) in [5, 5.41) is 1.57. The molecule has 4 heteroatoms. The molecule has 0 saturated heterocycles. The van der Waals surface area contributed by atoms with Crippen LogP contribution in [0.5, 0.6) is 0 Å². The maximum absolute atomic E-state index is 6.32. The van der Waals surface area contributed by atoms with Gasteiger partial charge in [-0.15, -0.1) is 11.8 Å². The Kier molecular flexibility index (Phi) is 5.79. The fraction of sp³-hybridized carbons (Fsp3) is 0.250. The second-order valence-electron chi connectivity index (χ2n) is 4.83. The van der Waals surface area contributed by atoms with Crippen LogP contribution in [0.15, 0.2) is 47.4 Å². The molecular formula is C16H17Cl2NS. The highest BCUT2D eigenvalue weighted by Crippen LogP contribution is 2.32. The first-order chi connectivity index (χ1) is 9.56. The number of rotatable bonds is 5. The molecule has 1 atom stereocenters. The first kappa shape index (κ1) is 15.7. The Bertz CT molecular complexity index is 584. The fourth-order valence-electron chi connectivity index (χ4n) is 1.93. The minimum Gasteiger partial charge on any atom is -0.328 e. The van der Waals surface area contributed by atoms with Crippen LogP contribution in [0.1, 0.15) is 18.1 Å². The van der Waals surface area contributed by atoms with Crippen molar-refractivity contribution >= 4 is 35.0 Å². The molecule has 106 valence electrons. The molecule has 1 unspecified atom stereocenters. The average Bonchev–Trinajstić information content (AvgIpc) is 2.39. The Morgan fingerprint density at radius 3 is 2.50 bits per heavy atom. The molecule has 2 rings (SSSR count). The van der Waals surface area contributed by atoms with E-state index in [0.29, 0.717) is 0 Å². The zero-order chi connectivity index (χ0) is 14.5. The Morgan fingerprint density at radius 2 is 1.85 bits per heavy atom. The summed E-state index contributed by atoms with van der Waals surface area (Å²) < 4.78 is 0. The molecule has 20 heavy (non-hydrogen) atoms. The fourth-order valence-corrected chi connectivity index (χ4v) is 3.50. The van der Waals surface area contributed by atoms with E-state index in [4.69, 9.17) is 28.9 Å². The Morgan fingerprint density at radius 1 is 1.10 bits per heavy atom. The summed E-state index contributed by atoms with van der Waals surface area (Å²) in [6.45, 7) is 1.99. The summed E-state index contributed by atoms with van der Waals surface area (Å²) in [4.78, 5) is 1.07. The van der Waals surface area contributed by atoms with Crippen molar-refractivity contribution in [3.63, 3.8) is 0 Å². The lowest BCUT2D eigenvalue weighted by molar-refractivity contribution is 0.738. The largest absolute Gasteiger partial charge is 0.328 e. The van der Waals surface area contributed by atoms with E-state index in [1.54, 1.807) is 11.8 Å². The summed E-state index contributed by atoms with van der Waals surface area (Å²) >= 11 is 14.2. The van der Waals surface area contributed by atoms with Gasteiger partial charge >= 0.3 is 0 Å². The topological polar surface area (TPSA) is 26.0 Å². The molecule has 2 aromatic rings. The van der Waals surface area contributed by atoms with E-state index >= 15 is 0 Å². The molecule has 0 radical (unpaired) electrons. The van der Waals surface area contributed by atoms with Gasteiger partial charge in [-0.05, 0) is 42.7 Å². The van der Waals surface area contributed by atoms with E-state index in [2.05, 4.69) is 12.1 Å². The van der Waals surface area contributed by atoms with Crippen molar-refractivity contribution in [2.24, 2.45) is 5.73 Å². The lowest BCUT2D eigenvalue weighted by Crippen LogP contribution is -2.17. The first-order valence-corrected chi connectivity index (χ1v) is 8.20. The van der Waals surface area contributed by atoms with Crippen LogP contribution in [0.2, 0.25) is 10.0 Å². The van der Waals surface area contributed by atoms with Gasteiger partial charge < -0.3 is 5.73 Å². The Balaban J connectivity index is 2.05. The smallest absolute Gasteiger partial charge is 0.0544 e. The van der Waals surface area contributed by atoms with E-state index in [1.807, 2.05) is 37.3 Å². The van der Waals surface area contributed by atoms with Gasteiger partial charge in [0.25, 0.3) is 0 Å². The number of halogens is 2. The van der Waals surface area contributed by atoms with E-state index < -0.39 is 0 Å². The van der Waals surface area contributed by atoms with Gasteiger partial charge in [-0.25, -0.2) is 0 Å². The van der Waals surface area contributed by atoms with Gasteiger partial charge in [0.1, 0.15) is 0 Å². The van der Waals surface area contributed by atoms with Crippen LogP contribution < -0.4 is 5.73 Å². The molecule has 0 fully saturated rings. The van der Waals surface area contributed by atoms with Gasteiger partial charge in [-0.2, -0.15) is 0 Å². The number of benzene rings is 2. The van der Waals surface area contributed by atoms with Crippen molar-refractivity contribution in [3.8, 4) is 0 Å². The molecular weight excluding hydrogens is 309 g/mol. The lowest BCUT2D eigenvalue weighted by atomic mass is 10.1. The molecule has 0 aliphatic heterocycles. The highest BCUT2D eigenvalue weighted by molar-refractivity contribution is 7.98. The van der Waals surface area contributed by atoms with Crippen molar-refractivity contribution in [1.29, 1.82) is 0 Å². The van der Waals surface area contributed by atoms with Gasteiger partial charge in [-0.1, -0.05) is 47.5 Å². The van der Waals surface area contributed by atoms with E-state index in [0.717, 1.165) is 32.7 Å². The van der Waals surface area contributed by atoms with Crippen molar-refractivity contribution in [2.75, 3.05) is 0 Å². The predicted octanol–water partition coefficient (Wildman–Crippen LogP) is 5.18. The maximum Gasteiger partial charge on any atom is 0.0544 e. The van der Waals surface area contributed by atoms with Gasteiger partial charge in [0.05, 0.1) is 5.02 Å². The molecule has 0 spiro atoms. The number of hydrogen-bond acceptors (Lipinski definition) is 2. The molecule has 0 heterocycles. The third kappa shape index (κ3) is 4.42. The molecule has 0 aliphatic carbocycles. The van der Waals surface area contributed by atoms with Crippen LogP contribution in [0, 0.1) is 0 Å². The van der Waals surface area contributed by atoms with Gasteiger partial charge in [-0.3, -0.25) is 0 Å². The van der Waals surface area contributed by atoms with Crippen molar-refractivity contribution < 1.29 is 0 Å². The third-order valence-electron chi connectivity index (χ3n) is 2.89. The number of hydrogen-bond donors (Lipinski definition) is 1. The highest BCUT2D eigenvalue weighted by atomic mass is 35.5. The zero-order valence-electron chi connectivity index (χ0n) is 11.3. The highest BCUT2D eigenvalue weighted by Gasteiger charge is 2.06. The average molecular weight is 326 g/mol. The second kappa shape index (κ2) is 7.37. The molecule has 0 aliphatic rings. The zero-order valence-corrected chi connectivity index (χ0v) is 13.6. The third-order valence-corrected chi connectivity index (χ3v) is 4.81. The lowest BCUT2D eigenvalue weighted by Gasteiger charge is -2.09. The van der Waals surface area contributed by atoms with Crippen LogP contribution in [0.4, 0.5) is 0 Å². The number of thioether (sulfide) groups is 1. The molecule has 0 saturated carbocycles. The minimum absolute atomic E-state index is 0.146. The van der Waals surface area contributed by atoms with Crippen LogP contribution >= 0.6 is 35.0 Å². The summed E-state index contributed by atoms with van der Waals surface area (Å²) in [5.41, 5.74) is 8.09. The summed E-state index contributed by atoms with van der Waals surface area (Å²) in [5.74, 6) is 0.812. The standard InChI is InChI=1S/C16H17Cl2NS/c1-11(19)8-12-6-7-16(15(18)9-12)20-10-13-4-2-3-5-14(13)17/h2-7,9,11H,8,10,19H2,1H3. The van der Waals surface area contributed by atoms with Crippen molar-refractivity contribution in [2.45, 2.75) is 30.0 Å². The van der Waals surface area contributed by atoms with Crippen molar-refractivity contribution in [1.82, 2.24) is 0 Å². The van der Waals surface area contributed by atoms with Gasteiger partial charge in [0.15, 0.2) is 0 Å². The SMILES string of the molecule is CC(N)Cc1ccc(SCc2ccccc2Cl)c(Cl)c1. The quantitative estimate of drug-likeness (QED) is 0.767. The van der Waals surface area contributed by atoms with Crippen molar-refractivity contribution in [3.05, 3.63) is 63.6 Å². The Labute approximate surface area is 134 Å². The van der Waals surface area contributed by atoms with E-state index in [9.17, 15) is 0 Å². The minimum atomic E-state index is 0.146. The van der Waals surface area contributed by atoms with Gasteiger partial charge in [0, 0.05) is 21.7 Å².